The number of carboxylic acids is 1. The van der Waals surface area contributed by atoms with Gasteiger partial charge in [-0.15, -0.1) is 11.6 Å². The lowest BCUT2D eigenvalue weighted by Gasteiger charge is -2.25. The zero-order valence-corrected chi connectivity index (χ0v) is 11.8. The minimum atomic E-state index is -1.47. The predicted molar refractivity (Wildman–Crippen MR) is 69.6 cm³/mol. The fraction of sp³-hybridized carbons (Fsp3) is 0.667. The van der Waals surface area contributed by atoms with Gasteiger partial charge in [0.25, 0.3) is 0 Å². The van der Waals surface area contributed by atoms with Crippen LogP contribution < -0.4 is 0 Å². The van der Waals surface area contributed by atoms with Crippen molar-refractivity contribution in [2.75, 3.05) is 13.0 Å². The summed E-state index contributed by atoms with van der Waals surface area (Å²) in [4.78, 5) is 38.4. The van der Waals surface area contributed by atoms with Gasteiger partial charge in [0.15, 0.2) is 0 Å². The molecule has 0 saturated heterocycles. The molecule has 1 rings (SSSR count). The lowest BCUT2D eigenvalue weighted by Crippen LogP contribution is -2.28. The van der Waals surface area contributed by atoms with E-state index in [0.717, 1.165) is 0 Å². The normalized spacial score (nSPS) is 23.0. The molecule has 0 unspecified atom stereocenters. The molecule has 0 aromatic heterocycles. The van der Waals surface area contributed by atoms with Gasteiger partial charge in [-0.3, -0.25) is 9.59 Å². The van der Waals surface area contributed by atoms with Gasteiger partial charge in [-0.2, -0.15) is 0 Å². The van der Waals surface area contributed by atoms with Crippen LogP contribution in [0.25, 0.3) is 0 Å². The lowest BCUT2D eigenvalue weighted by molar-refractivity contribution is -0.147. The van der Waals surface area contributed by atoms with Crippen LogP contribution in [0, 0.1) is 5.92 Å². The van der Waals surface area contributed by atoms with Crippen molar-refractivity contribution in [1.29, 1.82) is 0 Å². The second kappa shape index (κ2) is 7.84. The molecule has 0 spiro atoms. The van der Waals surface area contributed by atoms with Crippen molar-refractivity contribution in [2.24, 2.45) is 11.1 Å². The summed E-state index contributed by atoms with van der Waals surface area (Å²) in [5, 5.41) is 12.2. The highest BCUT2D eigenvalue weighted by atomic mass is 35.5. The Balaban J connectivity index is 2.52. The highest BCUT2D eigenvalue weighted by Gasteiger charge is 2.28. The van der Waals surface area contributed by atoms with Gasteiger partial charge in [0, 0.05) is 0 Å². The minimum absolute atomic E-state index is 0.160. The second-order valence-electron chi connectivity index (χ2n) is 4.40. The molecule has 8 heteroatoms. The van der Waals surface area contributed by atoms with E-state index >= 15 is 0 Å². The number of carbonyl (C=O) groups is 3. The van der Waals surface area contributed by atoms with Gasteiger partial charge >= 0.3 is 11.9 Å². The van der Waals surface area contributed by atoms with Crippen LogP contribution in [-0.2, 0) is 24.0 Å². The monoisotopic (exact) mass is 305 g/mol. The molecular weight excluding hydrogens is 290 g/mol. The van der Waals surface area contributed by atoms with E-state index in [1.54, 1.807) is 0 Å². The highest BCUT2D eigenvalue weighted by Crippen LogP contribution is 2.27. The highest BCUT2D eigenvalue weighted by molar-refractivity contribution is 6.67. The van der Waals surface area contributed by atoms with E-state index in [2.05, 4.69) is 9.89 Å². The summed E-state index contributed by atoms with van der Waals surface area (Å²) in [6.07, 6.45) is 1.95. The van der Waals surface area contributed by atoms with E-state index in [1.165, 1.54) is 7.11 Å². The Labute approximate surface area is 120 Å². The van der Waals surface area contributed by atoms with Gasteiger partial charge in [0.05, 0.1) is 18.9 Å². The standard InChI is InChI=1S/C12H16ClNO6/c1-19-12(18)7-2-4-8(5-3-7)20-14-10(11(16)17)9(15)6-13/h7-8H,2-6H2,1H3,(H,16,17)/b14-10-. The molecular formula is C12H16ClNO6. The third kappa shape index (κ3) is 4.48. The third-order valence-corrected chi connectivity index (χ3v) is 3.33. The molecule has 112 valence electrons. The van der Waals surface area contributed by atoms with Crippen LogP contribution >= 0.6 is 11.6 Å². The van der Waals surface area contributed by atoms with Crippen molar-refractivity contribution in [1.82, 2.24) is 0 Å². The van der Waals surface area contributed by atoms with Gasteiger partial charge in [-0.1, -0.05) is 5.16 Å². The zero-order chi connectivity index (χ0) is 15.1. The molecule has 0 aliphatic heterocycles. The average Bonchev–Trinajstić information content (AvgIpc) is 2.46. The maximum Gasteiger partial charge on any atom is 0.361 e. The first-order chi connectivity index (χ1) is 9.49. The van der Waals surface area contributed by atoms with E-state index in [0.29, 0.717) is 25.7 Å². The molecule has 20 heavy (non-hydrogen) atoms. The number of rotatable bonds is 6. The van der Waals surface area contributed by atoms with Crippen molar-refractivity contribution >= 4 is 35.0 Å². The van der Waals surface area contributed by atoms with Crippen molar-refractivity contribution in [2.45, 2.75) is 31.8 Å². The number of ether oxygens (including phenoxy) is 1. The van der Waals surface area contributed by atoms with Crippen molar-refractivity contribution in [3.05, 3.63) is 0 Å². The fourth-order valence-corrected chi connectivity index (χ4v) is 2.10. The minimum Gasteiger partial charge on any atom is -0.476 e. The molecule has 0 aromatic carbocycles. The van der Waals surface area contributed by atoms with Crippen LogP contribution in [0.2, 0.25) is 0 Å². The fourth-order valence-electron chi connectivity index (χ4n) is 1.97. The Hall–Kier alpha value is -1.63. The summed E-state index contributed by atoms with van der Waals surface area (Å²) in [7, 11) is 1.34. The van der Waals surface area contributed by atoms with Gasteiger partial charge in [0.1, 0.15) is 6.10 Å². The Bertz CT molecular complexity index is 414. The van der Waals surface area contributed by atoms with Crippen LogP contribution in [0.4, 0.5) is 0 Å². The van der Waals surface area contributed by atoms with E-state index in [4.69, 9.17) is 21.5 Å². The summed E-state index contributed by atoms with van der Waals surface area (Å²) in [5.74, 6) is -3.16. The largest absolute Gasteiger partial charge is 0.476 e. The molecule has 0 amide bonds. The Kier molecular flexibility index (Phi) is 6.44. The maximum absolute atomic E-state index is 11.3. The zero-order valence-electron chi connectivity index (χ0n) is 11.0. The van der Waals surface area contributed by atoms with Crippen LogP contribution in [0.3, 0.4) is 0 Å². The first-order valence-electron chi connectivity index (χ1n) is 6.13. The number of methoxy groups -OCH3 is 1. The summed E-state index contributed by atoms with van der Waals surface area (Å²) in [6.45, 7) is 0. The van der Waals surface area contributed by atoms with E-state index < -0.39 is 23.3 Å². The van der Waals surface area contributed by atoms with Crippen molar-refractivity contribution < 1.29 is 29.1 Å². The first kappa shape index (κ1) is 16.4. The van der Waals surface area contributed by atoms with Crippen LogP contribution in [0.5, 0.6) is 0 Å². The van der Waals surface area contributed by atoms with E-state index in [1.807, 2.05) is 0 Å². The number of aliphatic carboxylic acids is 1. The number of esters is 1. The molecule has 0 heterocycles. The Morgan fingerprint density at radius 2 is 1.85 bits per heavy atom. The summed E-state index contributed by atoms with van der Waals surface area (Å²) >= 11 is 5.28. The second-order valence-corrected chi connectivity index (χ2v) is 4.67. The van der Waals surface area contributed by atoms with E-state index in [-0.39, 0.29) is 18.0 Å². The molecule has 0 radical (unpaired) electrons. The molecule has 1 saturated carbocycles. The molecule has 7 nitrogen and oxygen atoms in total. The number of hydrogen-bond donors (Lipinski definition) is 1. The number of alkyl halides is 1. The van der Waals surface area contributed by atoms with E-state index in [9.17, 15) is 14.4 Å². The number of carbonyl (C=O) groups excluding carboxylic acids is 2. The van der Waals surface area contributed by atoms with Gasteiger partial charge in [0.2, 0.25) is 11.5 Å². The van der Waals surface area contributed by atoms with Crippen LogP contribution in [0.1, 0.15) is 25.7 Å². The number of Topliss-reactive ketones (excluding diaryl/α,β-unsaturated/α-hetero) is 1. The summed E-state index contributed by atoms with van der Waals surface area (Å²) in [6, 6.07) is 0. The number of ketones is 1. The Morgan fingerprint density at radius 3 is 2.30 bits per heavy atom. The SMILES string of the molecule is COC(=O)C1CCC(O/N=C(\C(=O)O)C(=O)CCl)CC1. The quantitative estimate of drug-likeness (QED) is 0.258. The molecule has 0 bridgehead atoms. The van der Waals surface area contributed by atoms with Gasteiger partial charge in [-0.05, 0) is 25.7 Å². The number of oxime groups is 1. The number of halogens is 1. The van der Waals surface area contributed by atoms with Crippen molar-refractivity contribution in [3.8, 4) is 0 Å². The number of hydrogen-bond acceptors (Lipinski definition) is 6. The molecule has 0 aromatic rings. The number of carboxylic acid groups (broad SMARTS) is 1. The molecule has 1 aliphatic carbocycles. The smallest absolute Gasteiger partial charge is 0.361 e. The lowest BCUT2D eigenvalue weighted by atomic mass is 9.87. The average molecular weight is 306 g/mol. The molecule has 1 N–H and O–H groups in total. The van der Waals surface area contributed by atoms with Crippen LogP contribution in [-0.4, -0.2) is 47.6 Å². The van der Waals surface area contributed by atoms with Gasteiger partial charge in [-0.25, -0.2) is 4.79 Å². The topological polar surface area (TPSA) is 102 Å². The molecule has 1 aliphatic rings. The maximum atomic E-state index is 11.3. The summed E-state index contributed by atoms with van der Waals surface area (Å²) < 4.78 is 4.66. The van der Waals surface area contributed by atoms with Crippen LogP contribution in [0.15, 0.2) is 5.16 Å². The van der Waals surface area contributed by atoms with Crippen molar-refractivity contribution in [3.63, 3.8) is 0 Å². The predicted octanol–water partition coefficient (Wildman–Crippen LogP) is 0.983. The molecule has 1 fully saturated rings. The summed E-state index contributed by atoms with van der Waals surface area (Å²) in [5.41, 5.74) is -0.713. The number of nitrogens with zero attached hydrogens (tertiary/aromatic N) is 1. The first-order valence-corrected chi connectivity index (χ1v) is 6.67. The molecule has 0 atom stereocenters. The Morgan fingerprint density at radius 1 is 1.25 bits per heavy atom. The third-order valence-electron chi connectivity index (χ3n) is 3.09. The van der Waals surface area contributed by atoms with Gasteiger partial charge < -0.3 is 14.7 Å².